The van der Waals surface area contributed by atoms with E-state index in [-0.39, 0.29) is 7.43 Å². The first kappa shape index (κ1) is 15.2. The van der Waals surface area contributed by atoms with Crippen molar-refractivity contribution in [3.05, 3.63) is 12.7 Å². The van der Waals surface area contributed by atoms with E-state index in [0.717, 1.165) is 11.8 Å². The lowest BCUT2D eigenvalue weighted by atomic mass is 9.71. The van der Waals surface area contributed by atoms with Gasteiger partial charge in [-0.25, -0.2) is 0 Å². The molecule has 0 rings (SSSR count). The van der Waals surface area contributed by atoms with Crippen LogP contribution in [0.4, 0.5) is 0 Å². The molecule has 80 valence electrons. The average molecular weight is 184 g/mol. The van der Waals surface area contributed by atoms with Crippen molar-refractivity contribution in [2.75, 3.05) is 0 Å². The van der Waals surface area contributed by atoms with Crippen LogP contribution >= 0.6 is 0 Å². The molecule has 0 unspecified atom stereocenters. The summed E-state index contributed by atoms with van der Waals surface area (Å²) in [5.41, 5.74) is 0.296. The molecule has 0 heterocycles. The summed E-state index contributed by atoms with van der Waals surface area (Å²) >= 11 is 0. The fraction of sp³-hybridized carbons (Fsp3) is 0.846. The Balaban J connectivity index is 0. The molecule has 1 atom stereocenters. The molecule has 0 radical (unpaired) electrons. The van der Waals surface area contributed by atoms with E-state index >= 15 is 0 Å². The predicted octanol–water partition coefficient (Wildman–Crippen LogP) is 4.91. The quantitative estimate of drug-likeness (QED) is 0.533. The molecule has 0 aliphatic rings. The van der Waals surface area contributed by atoms with Crippen LogP contribution in [-0.2, 0) is 0 Å². The third-order valence-electron chi connectivity index (χ3n) is 2.89. The first-order chi connectivity index (χ1) is 5.45. The largest absolute Gasteiger partial charge is 0.103 e. The van der Waals surface area contributed by atoms with Gasteiger partial charge in [0.05, 0.1) is 0 Å². The van der Waals surface area contributed by atoms with Crippen molar-refractivity contribution < 1.29 is 0 Å². The van der Waals surface area contributed by atoms with E-state index in [4.69, 9.17) is 0 Å². The van der Waals surface area contributed by atoms with Crippen molar-refractivity contribution in [1.82, 2.24) is 0 Å². The van der Waals surface area contributed by atoms with Crippen molar-refractivity contribution >= 4 is 0 Å². The van der Waals surface area contributed by atoms with Crippen molar-refractivity contribution in [2.24, 2.45) is 17.3 Å². The lowest BCUT2D eigenvalue weighted by Crippen LogP contribution is -2.26. The molecule has 0 amide bonds. The molecule has 0 fully saturated rings. The second-order valence-corrected chi connectivity index (χ2v) is 4.66. The van der Waals surface area contributed by atoms with Crippen LogP contribution < -0.4 is 0 Å². The van der Waals surface area contributed by atoms with Gasteiger partial charge in [0.15, 0.2) is 0 Å². The van der Waals surface area contributed by atoms with Crippen LogP contribution in [0.3, 0.4) is 0 Å². The molecule has 0 saturated carbocycles. The Morgan fingerprint density at radius 1 is 1.31 bits per heavy atom. The first-order valence-corrected chi connectivity index (χ1v) is 5.09. The molecule has 0 spiro atoms. The second kappa shape index (κ2) is 6.23. The average Bonchev–Trinajstić information content (AvgIpc) is 1.99. The standard InChI is InChI=1S/C12H24.CH4/c1-7-9-11(10(3)4)12(5,6)8-2;/h8,10-11H,2,7,9H2,1,3-6H3;1H4/t11-;/m1./s1. The monoisotopic (exact) mass is 184 g/mol. The Labute approximate surface area is 85.4 Å². The van der Waals surface area contributed by atoms with E-state index in [1.54, 1.807) is 0 Å². The highest BCUT2D eigenvalue weighted by Gasteiger charge is 2.27. The minimum Gasteiger partial charge on any atom is -0.103 e. The second-order valence-electron chi connectivity index (χ2n) is 4.66. The van der Waals surface area contributed by atoms with Crippen molar-refractivity contribution in [1.29, 1.82) is 0 Å². The molecule has 0 aromatic heterocycles. The fourth-order valence-corrected chi connectivity index (χ4v) is 2.03. The Morgan fingerprint density at radius 2 is 1.77 bits per heavy atom. The highest BCUT2D eigenvalue weighted by Crippen LogP contribution is 2.36. The van der Waals surface area contributed by atoms with Crippen LogP contribution in [0, 0.1) is 17.3 Å². The molecular formula is C13H28. The molecule has 0 heteroatoms. The summed E-state index contributed by atoms with van der Waals surface area (Å²) < 4.78 is 0. The lowest BCUT2D eigenvalue weighted by Gasteiger charge is -2.34. The van der Waals surface area contributed by atoms with Crippen molar-refractivity contribution in [2.45, 2.75) is 54.9 Å². The SMILES string of the molecule is C.C=CC(C)(C)[C@H](CCC)C(C)C. The Bertz CT molecular complexity index is 131. The summed E-state index contributed by atoms with van der Waals surface area (Å²) in [4.78, 5) is 0. The molecule has 0 aromatic carbocycles. The number of hydrogen-bond acceptors (Lipinski definition) is 0. The molecule has 0 N–H and O–H groups in total. The van der Waals surface area contributed by atoms with Crippen LogP contribution in [0.2, 0.25) is 0 Å². The third kappa shape index (κ3) is 4.50. The summed E-state index contributed by atoms with van der Waals surface area (Å²) in [6, 6.07) is 0. The molecule has 13 heavy (non-hydrogen) atoms. The maximum absolute atomic E-state index is 3.92. The highest BCUT2D eigenvalue weighted by atomic mass is 14.3. The zero-order valence-electron chi connectivity index (χ0n) is 9.35. The van der Waals surface area contributed by atoms with Gasteiger partial charge < -0.3 is 0 Å². The minimum absolute atomic E-state index is 0. The zero-order valence-corrected chi connectivity index (χ0v) is 9.35. The molecule has 0 aromatic rings. The van der Waals surface area contributed by atoms with E-state index in [1.807, 2.05) is 0 Å². The van der Waals surface area contributed by atoms with Gasteiger partial charge in [-0.2, -0.15) is 0 Å². The molecule has 0 aliphatic heterocycles. The maximum atomic E-state index is 3.92. The van der Waals surface area contributed by atoms with E-state index < -0.39 is 0 Å². The molecule has 0 aliphatic carbocycles. The van der Waals surface area contributed by atoms with E-state index in [0.29, 0.717) is 5.41 Å². The topological polar surface area (TPSA) is 0 Å². The summed E-state index contributed by atoms with van der Waals surface area (Å²) in [7, 11) is 0. The van der Waals surface area contributed by atoms with Gasteiger partial charge in [-0.05, 0) is 23.7 Å². The van der Waals surface area contributed by atoms with E-state index in [2.05, 4.69) is 47.3 Å². The minimum atomic E-state index is 0. The van der Waals surface area contributed by atoms with Gasteiger partial charge in [-0.3, -0.25) is 0 Å². The molecule has 0 saturated heterocycles. The van der Waals surface area contributed by atoms with E-state index in [1.165, 1.54) is 12.8 Å². The number of allylic oxidation sites excluding steroid dienone is 1. The summed E-state index contributed by atoms with van der Waals surface area (Å²) in [5.74, 6) is 1.54. The van der Waals surface area contributed by atoms with Crippen LogP contribution in [0.15, 0.2) is 12.7 Å². The summed E-state index contributed by atoms with van der Waals surface area (Å²) in [6.07, 6.45) is 4.70. The normalized spacial score (nSPS) is 13.7. The van der Waals surface area contributed by atoms with Gasteiger partial charge in [-0.1, -0.05) is 54.5 Å². The molecule has 0 bridgehead atoms. The van der Waals surface area contributed by atoms with Crippen molar-refractivity contribution in [3.8, 4) is 0 Å². The maximum Gasteiger partial charge on any atom is -0.0147 e. The van der Waals surface area contributed by atoms with Crippen LogP contribution in [0.1, 0.15) is 54.9 Å². The van der Waals surface area contributed by atoms with Gasteiger partial charge in [0.1, 0.15) is 0 Å². The Kier molecular flexibility index (Phi) is 7.30. The zero-order chi connectivity index (χ0) is 9.78. The predicted molar refractivity (Wildman–Crippen MR) is 63.9 cm³/mol. The van der Waals surface area contributed by atoms with Crippen LogP contribution in [0.25, 0.3) is 0 Å². The van der Waals surface area contributed by atoms with Gasteiger partial charge in [0, 0.05) is 0 Å². The van der Waals surface area contributed by atoms with Crippen molar-refractivity contribution in [3.63, 3.8) is 0 Å². The van der Waals surface area contributed by atoms with E-state index in [9.17, 15) is 0 Å². The first-order valence-electron chi connectivity index (χ1n) is 5.09. The van der Waals surface area contributed by atoms with Crippen LogP contribution in [0.5, 0.6) is 0 Å². The highest BCUT2D eigenvalue weighted by molar-refractivity contribution is 4.93. The van der Waals surface area contributed by atoms with Gasteiger partial charge in [-0.15, -0.1) is 6.58 Å². The Hall–Kier alpha value is -0.260. The Morgan fingerprint density at radius 3 is 2.00 bits per heavy atom. The molecular weight excluding hydrogens is 156 g/mol. The van der Waals surface area contributed by atoms with Gasteiger partial charge in [0.25, 0.3) is 0 Å². The third-order valence-corrected chi connectivity index (χ3v) is 2.89. The van der Waals surface area contributed by atoms with Gasteiger partial charge in [0.2, 0.25) is 0 Å². The van der Waals surface area contributed by atoms with Crippen LogP contribution in [-0.4, -0.2) is 0 Å². The molecule has 0 nitrogen and oxygen atoms in total. The summed E-state index contributed by atoms with van der Waals surface area (Å²) in [5, 5.41) is 0. The lowest BCUT2D eigenvalue weighted by molar-refractivity contribution is 0.196. The smallest absolute Gasteiger partial charge is 0.0147 e. The van der Waals surface area contributed by atoms with Gasteiger partial charge >= 0.3 is 0 Å². The fourth-order valence-electron chi connectivity index (χ4n) is 2.03. The summed E-state index contributed by atoms with van der Waals surface area (Å²) in [6.45, 7) is 15.4. The number of hydrogen-bond donors (Lipinski definition) is 0. The number of rotatable bonds is 5.